The Morgan fingerprint density at radius 2 is 2.38 bits per heavy atom. The lowest BCUT2D eigenvalue weighted by Crippen LogP contribution is -2.34. The quantitative estimate of drug-likeness (QED) is 0.775. The molecule has 16 heavy (non-hydrogen) atoms. The van der Waals surface area contributed by atoms with E-state index in [4.69, 9.17) is 0 Å². The molecule has 1 aromatic rings. The van der Waals surface area contributed by atoms with Crippen molar-refractivity contribution in [2.75, 3.05) is 32.1 Å². The highest BCUT2D eigenvalue weighted by Crippen LogP contribution is 2.33. The molecule has 0 saturated heterocycles. The van der Waals surface area contributed by atoms with Gasteiger partial charge in [-0.25, -0.2) is 4.98 Å². The van der Waals surface area contributed by atoms with Crippen LogP contribution in [-0.4, -0.2) is 36.7 Å². The monoisotopic (exact) mass is 222 g/mol. The maximum atomic E-state index is 12.1. The molecule has 0 aromatic carbocycles. The van der Waals surface area contributed by atoms with Crippen LogP contribution in [0.25, 0.3) is 0 Å². The lowest BCUT2D eigenvalue weighted by molar-refractivity contribution is 0.685. The third-order valence-electron chi connectivity index (χ3n) is 2.85. The highest BCUT2D eigenvalue weighted by atomic mass is 16.1. The number of nitrogens with one attached hydrogen (secondary N) is 1. The van der Waals surface area contributed by atoms with Crippen LogP contribution in [0.5, 0.6) is 0 Å². The van der Waals surface area contributed by atoms with Gasteiger partial charge in [0.1, 0.15) is 0 Å². The summed E-state index contributed by atoms with van der Waals surface area (Å²) in [4.78, 5) is 18.2. The highest BCUT2D eigenvalue weighted by Gasteiger charge is 2.25. The zero-order chi connectivity index (χ0) is 11.5. The normalized spacial score (nSPS) is 15.1. The van der Waals surface area contributed by atoms with Crippen LogP contribution in [-0.2, 0) is 0 Å². The second-order valence-electron chi connectivity index (χ2n) is 4.22. The number of nitrogens with zero attached hydrogens (tertiary/aromatic N) is 3. The second kappa shape index (κ2) is 4.65. The summed E-state index contributed by atoms with van der Waals surface area (Å²) in [5.74, 6) is 0.546. The van der Waals surface area contributed by atoms with Crippen molar-refractivity contribution in [3.05, 3.63) is 22.7 Å². The van der Waals surface area contributed by atoms with Crippen LogP contribution in [0.2, 0.25) is 0 Å². The molecule has 5 nitrogen and oxygen atoms in total. The largest absolute Gasteiger partial charge is 0.354 e. The maximum Gasteiger partial charge on any atom is 0.293 e. The van der Waals surface area contributed by atoms with Gasteiger partial charge in [-0.2, -0.15) is 0 Å². The Morgan fingerprint density at radius 1 is 1.62 bits per heavy atom. The van der Waals surface area contributed by atoms with Gasteiger partial charge < -0.3 is 14.8 Å². The number of aromatic nitrogens is 2. The Kier molecular flexibility index (Phi) is 3.24. The van der Waals surface area contributed by atoms with Crippen LogP contribution < -0.4 is 15.8 Å². The Morgan fingerprint density at radius 3 is 3.00 bits per heavy atom. The van der Waals surface area contributed by atoms with Gasteiger partial charge in [-0.05, 0) is 19.9 Å². The molecule has 1 heterocycles. The molecule has 1 fully saturated rings. The number of anilines is 1. The molecule has 0 bridgehead atoms. The van der Waals surface area contributed by atoms with Crippen molar-refractivity contribution in [2.24, 2.45) is 0 Å². The third kappa shape index (κ3) is 2.24. The van der Waals surface area contributed by atoms with Crippen LogP contribution in [0, 0.1) is 0 Å². The van der Waals surface area contributed by atoms with Gasteiger partial charge in [0.25, 0.3) is 5.56 Å². The number of likely N-dealkylation sites (N-methyl/N-ethyl adjacent to an activating group) is 2. The molecule has 88 valence electrons. The van der Waals surface area contributed by atoms with E-state index in [1.54, 1.807) is 17.0 Å². The highest BCUT2D eigenvalue weighted by molar-refractivity contribution is 5.34. The topological polar surface area (TPSA) is 50.2 Å². The van der Waals surface area contributed by atoms with Crippen LogP contribution >= 0.6 is 0 Å². The molecule has 5 heteroatoms. The van der Waals surface area contributed by atoms with Crippen molar-refractivity contribution >= 4 is 5.82 Å². The molecule has 0 amide bonds. The fraction of sp³-hybridized carbons (Fsp3) is 0.636. The standard InChI is InChI=1S/C11H18N4O/c1-12-5-7-14(2)10-11(16)15(8-6-13-10)9-3-4-9/h6,8-9,12H,3-5,7H2,1-2H3. The average Bonchev–Trinajstić information content (AvgIpc) is 3.10. The molecular weight excluding hydrogens is 204 g/mol. The van der Waals surface area contributed by atoms with Gasteiger partial charge in [0.05, 0.1) is 0 Å². The summed E-state index contributed by atoms with van der Waals surface area (Å²) >= 11 is 0. The molecular formula is C11H18N4O. The minimum Gasteiger partial charge on any atom is -0.354 e. The van der Waals surface area contributed by atoms with E-state index in [0.717, 1.165) is 25.9 Å². The molecule has 1 N–H and O–H groups in total. The van der Waals surface area contributed by atoms with Crippen molar-refractivity contribution in [2.45, 2.75) is 18.9 Å². The van der Waals surface area contributed by atoms with Gasteiger partial charge in [0, 0.05) is 38.6 Å². The van der Waals surface area contributed by atoms with E-state index in [1.807, 2.05) is 19.0 Å². The van der Waals surface area contributed by atoms with E-state index in [1.165, 1.54) is 0 Å². The van der Waals surface area contributed by atoms with Crippen molar-refractivity contribution in [1.29, 1.82) is 0 Å². The van der Waals surface area contributed by atoms with Crippen LogP contribution in [0.4, 0.5) is 5.82 Å². The molecule has 1 aliphatic carbocycles. The molecule has 0 unspecified atom stereocenters. The summed E-state index contributed by atoms with van der Waals surface area (Å²) in [6.45, 7) is 1.63. The van der Waals surface area contributed by atoms with Gasteiger partial charge in [0.15, 0.2) is 5.82 Å². The first-order valence-electron chi connectivity index (χ1n) is 5.67. The minimum atomic E-state index is 0.0311. The van der Waals surface area contributed by atoms with Gasteiger partial charge in [-0.3, -0.25) is 4.79 Å². The first-order chi connectivity index (χ1) is 7.74. The van der Waals surface area contributed by atoms with E-state index in [-0.39, 0.29) is 5.56 Å². The fourth-order valence-corrected chi connectivity index (χ4v) is 1.70. The van der Waals surface area contributed by atoms with E-state index in [2.05, 4.69) is 10.3 Å². The lowest BCUT2D eigenvalue weighted by Gasteiger charge is -2.17. The number of hydrogen-bond donors (Lipinski definition) is 1. The second-order valence-corrected chi connectivity index (χ2v) is 4.22. The van der Waals surface area contributed by atoms with Gasteiger partial charge in [-0.15, -0.1) is 0 Å². The van der Waals surface area contributed by atoms with Crippen molar-refractivity contribution in [3.8, 4) is 0 Å². The Labute approximate surface area is 95.1 Å². The van der Waals surface area contributed by atoms with E-state index in [0.29, 0.717) is 11.9 Å². The van der Waals surface area contributed by atoms with Crippen LogP contribution in [0.15, 0.2) is 17.2 Å². The maximum absolute atomic E-state index is 12.1. The number of rotatable bonds is 5. The molecule has 0 radical (unpaired) electrons. The minimum absolute atomic E-state index is 0.0311. The molecule has 1 aliphatic rings. The molecule has 1 aromatic heterocycles. The van der Waals surface area contributed by atoms with E-state index >= 15 is 0 Å². The zero-order valence-corrected chi connectivity index (χ0v) is 9.81. The Hall–Kier alpha value is -1.36. The van der Waals surface area contributed by atoms with Crippen LogP contribution in [0.3, 0.4) is 0 Å². The van der Waals surface area contributed by atoms with E-state index < -0.39 is 0 Å². The first kappa shape index (κ1) is 11.1. The SMILES string of the molecule is CNCCN(C)c1nccn(C2CC2)c1=O. The predicted octanol–water partition coefficient (Wildman–Crippen LogP) is 0.234. The van der Waals surface area contributed by atoms with E-state index in [9.17, 15) is 4.79 Å². The van der Waals surface area contributed by atoms with Gasteiger partial charge in [-0.1, -0.05) is 0 Å². The average molecular weight is 222 g/mol. The summed E-state index contributed by atoms with van der Waals surface area (Å²) in [5.41, 5.74) is 0.0311. The van der Waals surface area contributed by atoms with Crippen molar-refractivity contribution in [1.82, 2.24) is 14.9 Å². The summed E-state index contributed by atoms with van der Waals surface area (Å²) in [6.07, 6.45) is 5.73. The smallest absolute Gasteiger partial charge is 0.293 e. The summed E-state index contributed by atoms with van der Waals surface area (Å²) < 4.78 is 1.80. The predicted molar refractivity (Wildman–Crippen MR) is 64.0 cm³/mol. The molecule has 1 saturated carbocycles. The van der Waals surface area contributed by atoms with Crippen molar-refractivity contribution < 1.29 is 0 Å². The molecule has 0 atom stereocenters. The lowest BCUT2D eigenvalue weighted by atomic mass is 10.5. The summed E-state index contributed by atoms with van der Waals surface area (Å²) in [6, 6.07) is 0.409. The Bertz CT molecular complexity index is 411. The Balaban J connectivity index is 2.20. The van der Waals surface area contributed by atoms with Crippen LogP contribution in [0.1, 0.15) is 18.9 Å². The molecule has 0 aliphatic heterocycles. The molecule has 2 rings (SSSR count). The summed E-state index contributed by atoms with van der Waals surface area (Å²) in [7, 11) is 3.80. The number of hydrogen-bond acceptors (Lipinski definition) is 4. The van der Waals surface area contributed by atoms with Gasteiger partial charge >= 0.3 is 0 Å². The third-order valence-corrected chi connectivity index (χ3v) is 2.85. The summed E-state index contributed by atoms with van der Waals surface area (Å²) in [5, 5.41) is 3.06. The molecule has 0 spiro atoms. The zero-order valence-electron chi connectivity index (χ0n) is 9.81. The first-order valence-corrected chi connectivity index (χ1v) is 5.67. The van der Waals surface area contributed by atoms with Crippen molar-refractivity contribution in [3.63, 3.8) is 0 Å². The fourth-order valence-electron chi connectivity index (χ4n) is 1.70. The van der Waals surface area contributed by atoms with Gasteiger partial charge in [0.2, 0.25) is 0 Å².